The zero-order chi connectivity index (χ0) is 12.9. The van der Waals surface area contributed by atoms with Gasteiger partial charge >= 0.3 is 5.97 Å². The van der Waals surface area contributed by atoms with Gasteiger partial charge < -0.3 is 10.4 Å². The summed E-state index contributed by atoms with van der Waals surface area (Å²) in [4.78, 5) is 22.5. The van der Waals surface area contributed by atoms with Crippen molar-refractivity contribution in [2.45, 2.75) is 52.4 Å². The first-order valence-corrected chi connectivity index (χ1v) is 6.42. The van der Waals surface area contributed by atoms with Crippen LogP contribution in [0.2, 0.25) is 0 Å². The second-order valence-electron chi connectivity index (χ2n) is 5.64. The van der Waals surface area contributed by atoms with Crippen LogP contribution < -0.4 is 5.32 Å². The monoisotopic (exact) mass is 241 g/mol. The number of nitrogens with one attached hydrogen (secondary N) is 1. The van der Waals surface area contributed by atoms with E-state index in [0.29, 0.717) is 25.3 Å². The van der Waals surface area contributed by atoms with Crippen molar-refractivity contribution < 1.29 is 14.7 Å². The first-order valence-electron chi connectivity index (χ1n) is 6.42. The summed E-state index contributed by atoms with van der Waals surface area (Å²) in [7, 11) is 0. The lowest BCUT2D eigenvalue weighted by molar-refractivity contribution is -0.147. The Balaban J connectivity index is 2.17. The molecule has 0 heterocycles. The van der Waals surface area contributed by atoms with Crippen LogP contribution in [0.1, 0.15) is 52.4 Å². The topological polar surface area (TPSA) is 66.4 Å². The van der Waals surface area contributed by atoms with Crippen molar-refractivity contribution >= 4 is 11.9 Å². The van der Waals surface area contributed by atoms with Gasteiger partial charge in [-0.2, -0.15) is 0 Å². The van der Waals surface area contributed by atoms with Crippen molar-refractivity contribution in [3.05, 3.63) is 0 Å². The number of carbonyl (C=O) groups excluding carboxylic acids is 1. The highest BCUT2D eigenvalue weighted by molar-refractivity contribution is 5.76. The van der Waals surface area contributed by atoms with E-state index >= 15 is 0 Å². The SMILES string of the molecule is CC(C)(CCNC(=O)CC1CCCC1)C(=O)O. The molecular formula is C13H23NO3. The molecule has 17 heavy (non-hydrogen) atoms. The molecule has 1 amide bonds. The van der Waals surface area contributed by atoms with Crippen LogP contribution in [0, 0.1) is 11.3 Å². The summed E-state index contributed by atoms with van der Waals surface area (Å²) in [6, 6.07) is 0. The van der Waals surface area contributed by atoms with E-state index in [1.54, 1.807) is 13.8 Å². The van der Waals surface area contributed by atoms with Gasteiger partial charge in [0.2, 0.25) is 5.91 Å². The second-order valence-corrected chi connectivity index (χ2v) is 5.64. The quantitative estimate of drug-likeness (QED) is 0.749. The summed E-state index contributed by atoms with van der Waals surface area (Å²) in [6.45, 7) is 3.81. The van der Waals surface area contributed by atoms with Gasteiger partial charge in [-0.25, -0.2) is 0 Å². The summed E-state index contributed by atoms with van der Waals surface area (Å²) >= 11 is 0. The Labute approximate surface area is 103 Å². The number of amides is 1. The van der Waals surface area contributed by atoms with Crippen LogP contribution in [0.5, 0.6) is 0 Å². The Morgan fingerprint density at radius 1 is 1.29 bits per heavy atom. The molecule has 0 radical (unpaired) electrons. The highest BCUT2D eigenvalue weighted by Crippen LogP contribution is 2.27. The molecule has 4 heteroatoms. The predicted octanol–water partition coefficient (Wildman–Crippen LogP) is 2.18. The number of aliphatic carboxylic acids is 1. The molecule has 1 saturated carbocycles. The predicted molar refractivity (Wildman–Crippen MR) is 65.6 cm³/mol. The van der Waals surface area contributed by atoms with Crippen LogP contribution in [-0.2, 0) is 9.59 Å². The molecule has 1 rings (SSSR count). The maximum atomic E-state index is 11.6. The van der Waals surface area contributed by atoms with Gasteiger partial charge in [-0.05, 0) is 39.0 Å². The van der Waals surface area contributed by atoms with Crippen LogP contribution in [0.15, 0.2) is 0 Å². The fraction of sp³-hybridized carbons (Fsp3) is 0.846. The number of carboxylic acid groups (broad SMARTS) is 1. The molecular weight excluding hydrogens is 218 g/mol. The summed E-state index contributed by atoms with van der Waals surface area (Å²) in [6.07, 6.45) is 5.88. The van der Waals surface area contributed by atoms with Gasteiger partial charge in [-0.3, -0.25) is 9.59 Å². The van der Waals surface area contributed by atoms with Gasteiger partial charge in [0.25, 0.3) is 0 Å². The normalized spacial score (nSPS) is 17.1. The zero-order valence-corrected chi connectivity index (χ0v) is 10.8. The minimum absolute atomic E-state index is 0.0677. The molecule has 1 fully saturated rings. The molecule has 0 aromatic rings. The van der Waals surface area contributed by atoms with Crippen LogP contribution in [0.25, 0.3) is 0 Å². The molecule has 0 bridgehead atoms. The maximum absolute atomic E-state index is 11.6. The molecule has 1 aliphatic carbocycles. The summed E-state index contributed by atoms with van der Waals surface area (Å²) in [5, 5.41) is 11.7. The molecule has 4 nitrogen and oxygen atoms in total. The molecule has 0 aromatic carbocycles. The summed E-state index contributed by atoms with van der Waals surface area (Å²) in [5.74, 6) is -0.205. The van der Waals surface area contributed by atoms with E-state index < -0.39 is 11.4 Å². The lowest BCUT2D eigenvalue weighted by atomic mass is 9.89. The van der Waals surface area contributed by atoms with Crippen LogP contribution in [0.4, 0.5) is 0 Å². The Hall–Kier alpha value is -1.06. The average Bonchev–Trinajstić information content (AvgIpc) is 2.69. The summed E-state index contributed by atoms with van der Waals surface area (Å²) in [5.41, 5.74) is -0.763. The Bertz CT molecular complexity index is 280. The lowest BCUT2D eigenvalue weighted by Gasteiger charge is -2.19. The standard InChI is InChI=1S/C13H23NO3/c1-13(2,12(16)17)7-8-14-11(15)9-10-5-3-4-6-10/h10H,3-9H2,1-2H3,(H,14,15)(H,16,17). The number of hydrogen-bond donors (Lipinski definition) is 2. The largest absolute Gasteiger partial charge is 0.481 e. The van der Waals surface area contributed by atoms with Gasteiger partial charge in [-0.1, -0.05) is 12.8 Å². The highest BCUT2D eigenvalue weighted by Gasteiger charge is 2.26. The van der Waals surface area contributed by atoms with Crippen molar-refractivity contribution in [2.75, 3.05) is 6.54 Å². The van der Waals surface area contributed by atoms with E-state index in [4.69, 9.17) is 5.11 Å². The van der Waals surface area contributed by atoms with Crippen molar-refractivity contribution in [2.24, 2.45) is 11.3 Å². The molecule has 0 spiro atoms. The van der Waals surface area contributed by atoms with Gasteiger partial charge in [0.1, 0.15) is 0 Å². The van der Waals surface area contributed by atoms with Crippen molar-refractivity contribution in [3.63, 3.8) is 0 Å². The van der Waals surface area contributed by atoms with E-state index in [1.165, 1.54) is 12.8 Å². The van der Waals surface area contributed by atoms with Gasteiger partial charge in [0, 0.05) is 13.0 Å². The van der Waals surface area contributed by atoms with E-state index in [9.17, 15) is 9.59 Å². The third-order valence-electron chi connectivity index (χ3n) is 3.60. The van der Waals surface area contributed by atoms with Gasteiger partial charge in [-0.15, -0.1) is 0 Å². The molecule has 98 valence electrons. The highest BCUT2D eigenvalue weighted by atomic mass is 16.4. The van der Waals surface area contributed by atoms with Crippen molar-refractivity contribution in [3.8, 4) is 0 Å². The third-order valence-corrected chi connectivity index (χ3v) is 3.60. The number of carbonyl (C=O) groups is 2. The van der Waals surface area contributed by atoms with Crippen molar-refractivity contribution in [1.82, 2.24) is 5.32 Å². The number of hydrogen-bond acceptors (Lipinski definition) is 2. The van der Waals surface area contributed by atoms with E-state index in [-0.39, 0.29) is 5.91 Å². The van der Waals surface area contributed by atoms with Crippen molar-refractivity contribution in [1.29, 1.82) is 0 Å². The maximum Gasteiger partial charge on any atom is 0.309 e. The average molecular weight is 241 g/mol. The van der Waals surface area contributed by atoms with E-state index in [1.807, 2.05) is 0 Å². The van der Waals surface area contributed by atoms with Crippen LogP contribution in [-0.4, -0.2) is 23.5 Å². The Morgan fingerprint density at radius 3 is 2.41 bits per heavy atom. The van der Waals surface area contributed by atoms with Gasteiger partial charge in [0.05, 0.1) is 5.41 Å². The van der Waals surface area contributed by atoms with Gasteiger partial charge in [0.15, 0.2) is 0 Å². The number of carboxylic acids is 1. The molecule has 1 aliphatic rings. The minimum atomic E-state index is -0.817. The van der Waals surface area contributed by atoms with E-state index in [0.717, 1.165) is 12.8 Å². The number of rotatable bonds is 6. The molecule has 0 unspecified atom stereocenters. The Kier molecular flexibility index (Phi) is 4.97. The Morgan fingerprint density at radius 2 is 1.88 bits per heavy atom. The van der Waals surface area contributed by atoms with E-state index in [2.05, 4.69) is 5.32 Å². The van der Waals surface area contributed by atoms with Crippen LogP contribution in [0.3, 0.4) is 0 Å². The first-order chi connectivity index (χ1) is 7.92. The molecule has 0 aliphatic heterocycles. The molecule has 2 N–H and O–H groups in total. The molecule has 0 saturated heterocycles. The zero-order valence-electron chi connectivity index (χ0n) is 10.8. The summed E-state index contributed by atoms with van der Waals surface area (Å²) < 4.78 is 0. The lowest BCUT2D eigenvalue weighted by Crippen LogP contribution is -2.32. The first kappa shape index (κ1) is 14.0. The fourth-order valence-corrected chi connectivity index (χ4v) is 2.17. The van der Waals surface area contributed by atoms with Crippen LogP contribution >= 0.6 is 0 Å². The smallest absolute Gasteiger partial charge is 0.309 e. The molecule has 0 atom stereocenters. The minimum Gasteiger partial charge on any atom is -0.481 e. The fourth-order valence-electron chi connectivity index (χ4n) is 2.17. The molecule has 0 aromatic heterocycles. The third kappa shape index (κ3) is 4.75. The second kappa shape index (κ2) is 6.03.